The summed E-state index contributed by atoms with van der Waals surface area (Å²) in [4.78, 5) is 1.87. The Kier molecular flexibility index (Phi) is 2.23. The molecule has 74 valence electrons. The summed E-state index contributed by atoms with van der Waals surface area (Å²) in [5.41, 5.74) is 1.71. The molecule has 0 atom stereocenters. The Morgan fingerprint density at radius 3 is 2.71 bits per heavy atom. The molecule has 0 aromatic heterocycles. The lowest BCUT2D eigenvalue weighted by Gasteiger charge is -2.18. The number of nitrogens with zero attached hydrogens (tertiary/aromatic N) is 1. The first-order chi connectivity index (χ1) is 6.66. The standard InChI is InChI=1S/C11H13FN2/c1-8-5-9(12)7-10(6-8)14-4-2-3-11(14)13/h5-7,13H,2-4H2,1H3. The van der Waals surface area contributed by atoms with E-state index in [0.717, 1.165) is 30.6 Å². The average molecular weight is 192 g/mol. The summed E-state index contributed by atoms with van der Waals surface area (Å²) in [6.45, 7) is 2.70. The molecule has 1 saturated heterocycles. The van der Waals surface area contributed by atoms with Crippen LogP contribution in [0.4, 0.5) is 10.1 Å². The number of anilines is 1. The van der Waals surface area contributed by atoms with Gasteiger partial charge >= 0.3 is 0 Å². The molecule has 1 aromatic rings. The second-order valence-corrected chi connectivity index (χ2v) is 3.69. The predicted octanol–water partition coefficient (Wildman–Crippen LogP) is 2.71. The van der Waals surface area contributed by atoms with Gasteiger partial charge in [-0.25, -0.2) is 4.39 Å². The zero-order chi connectivity index (χ0) is 10.1. The first-order valence-electron chi connectivity index (χ1n) is 4.79. The summed E-state index contributed by atoms with van der Waals surface area (Å²) < 4.78 is 13.1. The van der Waals surface area contributed by atoms with Crippen LogP contribution in [0.5, 0.6) is 0 Å². The molecular weight excluding hydrogens is 179 g/mol. The minimum absolute atomic E-state index is 0.222. The van der Waals surface area contributed by atoms with Gasteiger partial charge in [-0.3, -0.25) is 5.41 Å². The maximum absolute atomic E-state index is 13.1. The molecule has 0 radical (unpaired) electrons. The molecule has 0 unspecified atom stereocenters. The second-order valence-electron chi connectivity index (χ2n) is 3.69. The van der Waals surface area contributed by atoms with Crippen LogP contribution in [-0.2, 0) is 0 Å². The molecule has 0 bridgehead atoms. The van der Waals surface area contributed by atoms with E-state index in [9.17, 15) is 4.39 Å². The molecule has 1 heterocycles. The van der Waals surface area contributed by atoms with Crippen molar-refractivity contribution in [3.05, 3.63) is 29.6 Å². The van der Waals surface area contributed by atoms with Crippen molar-refractivity contribution in [2.24, 2.45) is 0 Å². The van der Waals surface area contributed by atoms with Crippen molar-refractivity contribution in [1.82, 2.24) is 0 Å². The van der Waals surface area contributed by atoms with Gasteiger partial charge in [-0.15, -0.1) is 0 Å². The summed E-state index contributed by atoms with van der Waals surface area (Å²) >= 11 is 0. The normalized spacial score (nSPS) is 16.4. The molecule has 3 heteroatoms. The fraction of sp³-hybridized carbons (Fsp3) is 0.364. The lowest BCUT2D eigenvalue weighted by atomic mass is 10.2. The minimum atomic E-state index is -0.222. The lowest BCUT2D eigenvalue weighted by molar-refractivity contribution is 0.626. The van der Waals surface area contributed by atoms with E-state index in [0.29, 0.717) is 5.84 Å². The smallest absolute Gasteiger partial charge is 0.125 e. The van der Waals surface area contributed by atoms with Crippen LogP contribution in [-0.4, -0.2) is 12.4 Å². The molecule has 14 heavy (non-hydrogen) atoms. The van der Waals surface area contributed by atoms with E-state index >= 15 is 0 Å². The van der Waals surface area contributed by atoms with Gasteiger partial charge in [-0.05, 0) is 37.1 Å². The molecule has 2 rings (SSSR count). The monoisotopic (exact) mass is 192 g/mol. The molecule has 2 nitrogen and oxygen atoms in total. The van der Waals surface area contributed by atoms with Gasteiger partial charge in [0.1, 0.15) is 11.7 Å². The van der Waals surface area contributed by atoms with E-state index in [4.69, 9.17) is 5.41 Å². The van der Waals surface area contributed by atoms with Gasteiger partial charge in [-0.2, -0.15) is 0 Å². The Morgan fingerprint density at radius 1 is 1.36 bits per heavy atom. The van der Waals surface area contributed by atoms with Crippen molar-refractivity contribution in [2.45, 2.75) is 19.8 Å². The molecule has 1 aliphatic heterocycles. The molecule has 1 aromatic carbocycles. The van der Waals surface area contributed by atoms with Crippen LogP contribution in [0.2, 0.25) is 0 Å². The van der Waals surface area contributed by atoms with Crippen LogP contribution >= 0.6 is 0 Å². The first kappa shape index (κ1) is 9.19. The number of aryl methyl sites for hydroxylation is 1. The quantitative estimate of drug-likeness (QED) is 0.727. The van der Waals surface area contributed by atoms with Crippen molar-refractivity contribution in [2.75, 3.05) is 11.4 Å². The third-order valence-electron chi connectivity index (χ3n) is 2.46. The summed E-state index contributed by atoms with van der Waals surface area (Å²) in [7, 11) is 0. The third kappa shape index (κ3) is 1.62. The Balaban J connectivity index is 2.35. The molecule has 1 aliphatic rings. The van der Waals surface area contributed by atoms with Crippen molar-refractivity contribution >= 4 is 11.5 Å². The van der Waals surface area contributed by atoms with Crippen LogP contribution in [0.25, 0.3) is 0 Å². The molecule has 0 aliphatic carbocycles. The van der Waals surface area contributed by atoms with E-state index in [1.807, 2.05) is 17.9 Å². The largest absolute Gasteiger partial charge is 0.330 e. The van der Waals surface area contributed by atoms with Crippen molar-refractivity contribution in [3.8, 4) is 0 Å². The van der Waals surface area contributed by atoms with E-state index < -0.39 is 0 Å². The summed E-state index contributed by atoms with van der Waals surface area (Å²) in [5, 5.41) is 7.69. The maximum Gasteiger partial charge on any atom is 0.125 e. The molecule has 1 N–H and O–H groups in total. The Bertz CT molecular complexity index is 353. The lowest BCUT2D eigenvalue weighted by Crippen LogP contribution is -2.23. The van der Waals surface area contributed by atoms with Gasteiger partial charge < -0.3 is 4.90 Å². The summed E-state index contributed by atoms with van der Waals surface area (Å²) in [6.07, 6.45) is 1.80. The highest BCUT2D eigenvalue weighted by atomic mass is 19.1. The first-order valence-corrected chi connectivity index (χ1v) is 4.79. The van der Waals surface area contributed by atoms with E-state index in [2.05, 4.69) is 0 Å². The van der Waals surface area contributed by atoms with Crippen LogP contribution in [0.3, 0.4) is 0 Å². The maximum atomic E-state index is 13.1. The topological polar surface area (TPSA) is 27.1 Å². The molecule has 0 saturated carbocycles. The van der Waals surface area contributed by atoms with Gasteiger partial charge in [0.05, 0.1) is 0 Å². The fourth-order valence-corrected chi connectivity index (χ4v) is 1.83. The third-order valence-corrected chi connectivity index (χ3v) is 2.46. The SMILES string of the molecule is Cc1cc(F)cc(N2CCCC2=N)c1. The highest BCUT2D eigenvalue weighted by molar-refractivity contribution is 5.97. The number of nitrogens with one attached hydrogen (secondary N) is 1. The molecule has 0 spiro atoms. The fourth-order valence-electron chi connectivity index (χ4n) is 1.83. The van der Waals surface area contributed by atoms with E-state index in [1.165, 1.54) is 12.1 Å². The second kappa shape index (κ2) is 3.40. The zero-order valence-electron chi connectivity index (χ0n) is 8.18. The number of halogens is 1. The van der Waals surface area contributed by atoms with Crippen LogP contribution < -0.4 is 4.90 Å². The van der Waals surface area contributed by atoms with Crippen molar-refractivity contribution < 1.29 is 4.39 Å². The molecular formula is C11H13FN2. The van der Waals surface area contributed by atoms with Crippen molar-refractivity contribution in [3.63, 3.8) is 0 Å². The zero-order valence-corrected chi connectivity index (χ0v) is 8.18. The Morgan fingerprint density at radius 2 is 2.14 bits per heavy atom. The predicted molar refractivity (Wildman–Crippen MR) is 55.4 cm³/mol. The number of amidine groups is 1. The Labute approximate surface area is 82.9 Å². The highest BCUT2D eigenvalue weighted by Crippen LogP contribution is 2.23. The van der Waals surface area contributed by atoms with Gasteiger partial charge in [0.25, 0.3) is 0 Å². The Hall–Kier alpha value is -1.38. The van der Waals surface area contributed by atoms with E-state index in [1.54, 1.807) is 0 Å². The van der Waals surface area contributed by atoms with Crippen LogP contribution in [0, 0.1) is 18.2 Å². The molecule has 1 fully saturated rings. The summed E-state index contributed by atoms with van der Waals surface area (Å²) in [6, 6.07) is 4.92. The van der Waals surface area contributed by atoms with Gasteiger partial charge in [0.2, 0.25) is 0 Å². The van der Waals surface area contributed by atoms with E-state index in [-0.39, 0.29) is 5.82 Å². The van der Waals surface area contributed by atoms with Gasteiger partial charge in [0.15, 0.2) is 0 Å². The number of hydrogen-bond acceptors (Lipinski definition) is 1. The number of hydrogen-bond donors (Lipinski definition) is 1. The average Bonchev–Trinajstić information content (AvgIpc) is 2.49. The summed E-state index contributed by atoms with van der Waals surface area (Å²) in [5.74, 6) is 0.370. The number of benzene rings is 1. The van der Waals surface area contributed by atoms with Gasteiger partial charge in [0, 0.05) is 18.7 Å². The van der Waals surface area contributed by atoms with Crippen LogP contribution in [0.15, 0.2) is 18.2 Å². The molecule has 0 amide bonds. The van der Waals surface area contributed by atoms with Gasteiger partial charge in [-0.1, -0.05) is 0 Å². The van der Waals surface area contributed by atoms with Crippen LogP contribution in [0.1, 0.15) is 18.4 Å². The number of rotatable bonds is 1. The minimum Gasteiger partial charge on any atom is -0.330 e. The van der Waals surface area contributed by atoms with Crippen molar-refractivity contribution in [1.29, 1.82) is 5.41 Å². The highest BCUT2D eigenvalue weighted by Gasteiger charge is 2.18.